The van der Waals surface area contributed by atoms with Crippen molar-refractivity contribution >= 4 is 18.0 Å². The second-order valence-electron chi connectivity index (χ2n) is 8.09. The van der Waals surface area contributed by atoms with Gasteiger partial charge in [-0.05, 0) is 44.1 Å². The average molecular weight is 418 g/mol. The van der Waals surface area contributed by atoms with Crippen molar-refractivity contribution < 1.29 is 29.0 Å². The summed E-state index contributed by atoms with van der Waals surface area (Å²) in [6, 6.07) is -0.187. The van der Waals surface area contributed by atoms with Crippen LogP contribution in [0.5, 0.6) is 0 Å². The first-order valence-electron chi connectivity index (χ1n) is 10.4. The highest BCUT2D eigenvalue weighted by Gasteiger charge is 2.56. The lowest BCUT2D eigenvalue weighted by Crippen LogP contribution is -2.61. The van der Waals surface area contributed by atoms with Gasteiger partial charge >= 0.3 is 12.1 Å². The number of esters is 1. The minimum atomic E-state index is -0.756. The maximum Gasteiger partial charge on any atom is 0.410 e. The van der Waals surface area contributed by atoms with Gasteiger partial charge in [-0.25, -0.2) is 9.59 Å². The van der Waals surface area contributed by atoms with Gasteiger partial charge in [0, 0.05) is 13.1 Å². The van der Waals surface area contributed by atoms with E-state index in [1.165, 1.54) is 17.1 Å². The molecule has 0 aromatic carbocycles. The normalized spacial score (nSPS) is 24.8. The van der Waals surface area contributed by atoms with E-state index in [0.717, 1.165) is 18.4 Å². The molecule has 2 saturated heterocycles. The van der Waals surface area contributed by atoms with Crippen LogP contribution in [0.4, 0.5) is 4.79 Å². The number of piperidine rings is 1. The van der Waals surface area contributed by atoms with Crippen molar-refractivity contribution in [2.24, 2.45) is 11.8 Å². The number of hydrogen-bond donors (Lipinski definition) is 1. The van der Waals surface area contributed by atoms with Crippen molar-refractivity contribution in [3.05, 3.63) is 36.6 Å². The number of aliphatic hydroxyl groups excluding tert-OH is 1. The molecule has 3 rings (SSSR count). The molecule has 3 aliphatic rings. The summed E-state index contributed by atoms with van der Waals surface area (Å²) in [4.78, 5) is 40.4. The Morgan fingerprint density at radius 1 is 1.20 bits per heavy atom. The molecule has 3 aliphatic heterocycles. The number of aliphatic hydroxyl groups is 1. The van der Waals surface area contributed by atoms with Gasteiger partial charge in [-0.3, -0.25) is 4.79 Å². The fourth-order valence-corrected chi connectivity index (χ4v) is 4.62. The van der Waals surface area contributed by atoms with Crippen molar-refractivity contribution in [3.8, 4) is 0 Å². The van der Waals surface area contributed by atoms with Crippen LogP contribution in [0.3, 0.4) is 0 Å². The Morgan fingerprint density at radius 2 is 1.83 bits per heavy atom. The van der Waals surface area contributed by atoms with Crippen molar-refractivity contribution in [3.63, 3.8) is 0 Å². The van der Waals surface area contributed by atoms with E-state index < -0.39 is 18.0 Å². The molecule has 0 saturated carbocycles. The molecule has 0 bridgehead atoms. The minimum absolute atomic E-state index is 0.0767. The highest BCUT2D eigenvalue weighted by atomic mass is 16.6. The van der Waals surface area contributed by atoms with E-state index in [1.807, 2.05) is 0 Å². The van der Waals surface area contributed by atoms with Gasteiger partial charge in [0.1, 0.15) is 18.9 Å². The number of ether oxygens (including phenoxy) is 2. The molecule has 0 unspecified atom stereocenters. The Kier molecular flexibility index (Phi) is 6.97. The molecule has 8 nitrogen and oxygen atoms in total. The summed E-state index contributed by atoms with van der Waals surface area (Å²) in [6.45, 7) is 10.1. The molecule has 0 spiro atoms. The zero-order chi connectivity index (χ0) is 21.8. The van der Waals surface area contributed by atoms with Gasteiger partial charge in [0.25, 0.3) is 0 Å². The monoisotopic (exact) mass is 418 g/mol. The van der Waals surface area contributed by atoms with Crippen LogP contribution in [0, 0.1) is 11.8 Å². The van der Waals surface area contributed by atoms with Crippen LogP contribution in [0.25, 0.3) is 0 Å². The predicted molar refractivity (Wildman–Crippen MR) is 109 cm³/mol. The van der Waals surface area contributed by atoms with E-state index in [-0.39, 0.29) is 31.3 Å². The van der Waals surface area contributed by atoms with Gasteiger partial charge in [0.2, 0.25) is 5.91 Å². The Labute approximate surface area is 176 Å². The molecule has 0 aliphatic carbocycles. The number of likely N-dealkylation sites (tertiary alicyclic amines) is 1. The fraction of sp³-hybridized carbons (Fsp3) is 0.591. The molecule has 8 heteroatoms. The maximum absolute atomic E-state index is 12.6. The van der Waals surface area contributed by atoms with Crippen LogP contribution in [0.2, 0.25) is 0 Å². The molecule has 164 valence electrons. The van der Waals surface area contributed by atoms with Crippen molar-refractivity contribution in [2.45, 2.75) is 44.8 Å². The lowest BCUT2D eigenvalue weighted by atomic mass is 9.82. The van der Waals surface area contributed by atoms with E-state index in [1.54, 1.807) is 11.8 Å². The molecule has 3 heterocycles. The van der Waals surface area contributed by atoms with Crippen LogP contribution >= 0.6 is 0 Å². The van der Waals surface area contributed by atoms with Gasteiger partial charge in [-0.2, -0.15) is 0 Å². The van der Waals surface area contributed by atoms with Crippen molar-refractivity contribution in [1.29, 1.82) is 0 Å². The second-order valence-corrected chi connectivity index (χ2v) is 8.09. The summed E-state index contributed by atoms with van der Waals surface area (Å²) in [7, 11) is 0. The highest BCUT2D eigenvalue weighted by molar-refractivity contribution is 6.00. The molecule has 30 heavy (non-hydrogen) atoms. The zero-order valence-corrected chi connectivity index (χ0v) is 17.4. The molecule has 1 N–H and O–H groups in total. The first-order valence-corrected chi connectivity index (χ1v) is 10.4. The van der Waals surface area contributed by atoms with E-state index in [4.69, 9.17) is 9.47 Å². The Morgan fingerprint density at radius 3 is 2.43 bits per heavy atom. The van der Waals surface area contributed by atoms with Gasteiger partial charge in [-0.1, -0.05) is 25.3 Å². The van der Waals surface area contributed by atoms with Gasteiger partial charge < -0.3 is 24.4 Å². The number of carbonyl (C=O) groups is 3. The second kappa shape index (κ2) is 9.47. The summed E-state index contributed by atoms with van der Waals surface area (Å²) in [6.07, 6.45) is 4.76. The van der Waals surface area contributed by atoms with Gasteiger partial charge in [0.05, 0.1) is 18.1 Å². The molecule has 0 radical (unpaired) electrons. The number of hydrogen-bond acceptors (Lipinski definition) is 6. The van der Waals surface area contributed by atoms with Crippen molar-refractivity contribution in [2.75, 3.05) is 26.3 Å². The lowest BCUT2D eigenvalue weighted by Gasteiger charge is -2.44. The molecule has 2 amide bonds. The third-order valence-electron chi connectivity index (χ3n) is 6.08. The van der Waals surface area contributed by atoms with E-state index in [2.05, 4.69) is 13.2 Å². The summed E-state index contributed by atoms with van der Waals surface area (Å²) in [5.74, 6) is -0.929. The Bertz CT molecular complexity index is 751. The smallest absolute Gasteiger partial charge is 0.410 e. The molecule has 0 aromatic rings. The van der Waals surface area contributed by atoms with Crippen LogP contribution < -0.4 is 0 Å². The standard InChI is InChI=1S/C22H30N2O6/c1-4-10-29-21(27)19-16(13-17-18(14(3)25)20(26)24(17)19)12-15-6-8-23(9-7-15)22(28)30-11-5-2/h4-5,14-15,17-18,25H,1-2,6-13H2,3H3/t14-,17-,18-/m1/s1. The third-order valence-corrected chi connectivity index (χ3v) is 6.08. The largest absolute Gasteiger partial charge is 0.457 e. The quantitative estimate of drug-likeness (QED) is 0.368. The van der Waals surface area contributed by atoms with E-state index >= 15 is 0 Å². The van der Waals surface area contributed by atoms with Gasteiger partial charge in [0.15, 0.2) is 0 Å². The minimum Gasteiger partial charge on any atom is -0.457 e. The topological polar surface area (TPSA) is 96.4 Å². The van der Waals surface area contributed by atoms with Crippen LogP contribution in [0.1, 0.15) is 32.6 Å². The Balaban J connectivity index is 1.67. The predicted octanol–water partition coefficient (Wildman–Crippen LogP) is 2.01. The molecule has 0 aromatic heterocycles. The average Bonchev–Trinajstić information content (AvgIpc) is 3.04. The van der Waals surface area contributed by atoms with Gasteiger partial charge in [-0.15, -0.1) is 0 Å². The fourth-order valence-electron chi connectivity index (χ4n) is 4.62. The molecule has 3 atom stereocenters. The first-order chi connectivity index (χ1) is 14.4. The molecular formula is C22H30N2O6. The SMILES string of the molecule is C=CCOC(=O)C1=C(CC2CCN(C(=O)OCC=C)CC2)C[C@@H]2[C@@H]([C@@H](C)O)C(=O)N12. The van der Waals surface area contributed by atoms with E-state index in [0.29, 0.717) is 37.5 Å². The van der Waals surface area contributed by atoms with E-state index in [9.17, 15) is 19.5 Å². The molecule has 2 fully saturated rings. The number of rotatable bonds is 8. The first kappa shape index (κ1) is 22.1. The summed E-state index contributed by atoms with van der Waals surface area (Å²) >= 11 is 0. The summed E-state index contributed by atoms with van der Waals surface area (Å²) < 4.78 is 10.3. The number of amides is 2. The summed E-state index contributed by atoms with van der Waals surface area (Å²) in [5, 5.41) is 9.96. The van der Waals surface area contributed by atoms with Crippen LogP contribution in [-0.2, 0) is 19.1 Å². The number of fused-ring (bicyclic) bond motifs is 1. The lowest BCUT2D eigenvalue weighted by molar-refractivity contribution is -0.162. The number of carbonyl (C=O) groups excluding carboxylic acids is 3. The highest BCUT2D eigenvalue weighted by Crippen LogP contribution is 2.46. The summed E-state index contributed by atoms with van der Waals surface area (Å²) in [5.41, 5.74) is 1.23. The maximum atomic E-state index is 12.6. The van der Waals surface area contributed by atoms with Crippen LogP contribution in [0.15, 0.2) is 36.6 Å². The number of nitrogens with zero attached hydrogens (tertiary/aromatic N) is 2. The number of β-lactam (4-membered cyclic amide) rings is 1. The van der Waals surface area contributed by atoms with Crippen molar-refractivity contribution in [1.82, 2.24) is 9.80 Å². The Hall–Kier alpha value is -2.61. The van der Waals surface area contributed by atoms with Crippen LogP contribution in [-0.4, -0.2) is 71.3 Å². The zero-order valence-electron chi connectivity index (χ0n) is 17.4. The molecular weight excluding hydrogens is 388 g/mol. The third kappa shape index (κ3) is 4.28.